The average Bonchev–Trinajstić information content (AvgIpc) is 2.86. The Morgan fingerprint density at radius 3 is 1.73 bits per heavy atom. The number of aliphatic imine (C=N–C) groups is 1. The normalized spacial score (nSPS) is 11.0. The van der Waals surface area contributed by atoms with Crippen LogP contribution in [0.3, 0.4) is 0 Å². The Kier molecular flexibility index (Phi) is 9.50. The molecule has 0 saturated heterocycles. The molecule has 4 rings (SSSR count). The molecule has 0 atom stereocenters. The van der Waals surface area contributed by atoms with E-state index in [1.165, 1.54) is 0 Å². The summed E-state index contributed by atoms with van der Waals surface area (Å²) in [6, 6.07) is 34.5. The quantitative estimate of drug-likeness (QED) is 0.196. The number of rotatable bonds is 5. The van der Waals surface area contributed by atoms with Gasteiger partial charge < -0.3 is 5.11 Å². The van der Waals surface area contributed by atoms with Gasteiger partial charge in [0.2, 0.25) is 0 Å². The van der Waals surface area contributed by atoms with Gasteiger partial charge >= 0.3 is 37.9 Å². The van der Waals surface area contributed by atoms with Crippen LogP contribution in [0, 0.1) is 6.92 Å². The van der Waals surface area contributed by atoms with Crippen LogP contribution in [0.4, 0.5) is 5.69 Å². The first-order valence-electron chi connectivity index (χ1n) is 10.5. The summed E-state index contributed by atoms with van der Waals surface area (Å²) >= 11 is -0.826. The van der Waals surface area contributed by atoms with E-state index in [-0.39, 0.29) is 5.75 Å². The van der Waals surface area contributed by atoms with Gasteiger partial charge in [-0.25, -0.2) is 0 Å². The number of nitrogens with zero attached hydrogens (tertiary/aromatic N) is 1. The molecule has 0 unspecified atom stereocenters. The Morgan fingerprint density at radius 2 is 1.24 bits per heavy atom. The zero-order chi connectivity index (χ0) is 23.7. The molecular weight excluding hydrogens is 528 g/mol. The van der Waals surface area contributed by atoms with Crippen LogP contribution >= 0.6 is 17.0 Å². The molecule has 0 aromatic heterocycles. The topological polar surface area (TPSA) is 32.6 Å². The second kappa shape index (κ2) is 12.3. The zero-order valence-electron chi connectivity index (χ0n) is 18.5. The molecule has 4 aromatic carbocycles. The summed E-state index contributed by atoms with van der Waals surface area (Å²) in [4.78, 5) is 4.56. The monoisotopic (exact) mass is 551 g/mol. The fraction of sp³-hybridized carbons (Fsp3) is 0.107. The van der Waals surface area contributed by atoms with Gasteiger partial charge in [0, 0.05) is 22.8 Å². The van der Waals surface area contributed by atoms with E-state index in [2.05, 4.69) is 49.2 Å². The first kappa shape index (κ1) is 25.4. The van der Waals surface area contributed by atoms with E-state index < -0.39 is 26.3 Å². The van der Waals surface area contributed by atoms with E-state index in [4.69, 9.17) is 17.0 Å². The van der Waals surface area contributed by atoms with Gasteiger partial charge in [-0.2, -0.15) is 0 Å². The van der Waals surface area contributed by atoms with Crippen LogP contribution in [0.2, 0.25) is 0 Å². The fourth-order valence-corrected chi connectivity index (χ4v) is 3.97. The van der Waals surface area contributed by atoms with Crippen molar-refractivity contribution in [1.29, 1.82) is 0 Å². The molecule has 1 N–H and O–H groups in total. The molecule has 5 heteroatoms. The minimum absolute atomic E-state index is 0.260. The molecule has 2 nitrogen and oxygen atoms in total. The molecule has 0 bridgehead atoms. The molecule has 0 fully saturated rings. The third-order valence-electron chi connectivity index (χ3n) is 5.63. The summed E-state index contributed by atoms with van der Waals surface area (Å²) in [6.07, 6.45) is 1.75. The SMILES string of the molecule is Cc1cc(C=Nc2ccccc2)c(O)c(C(C)(c2ccccc2)c2ccccc2)c1.[Cl][Zr][Cl]. The first-order chi connectivity index (χ1) is 16.0. The standard InChI is InChI=1S/C28H25NO.2ClH.Zr/c1-21-18-22(20-29-25-16-10-5-11-17-25)27(30)26(19-21)28(2,23-12-6-3-7-13-23)24-14-8-4-9-15-24;;;/h3-20,30H,1-2H3;2*1H;/q;;;+2/p-2. The summed E-state index contributed by atoms with van der Waals surface area (Å²) in [5, 5.41) is 11.4. The van der Waals surface area contributed by atoms with Gasteiger partial charge in [-0.15, -0.1) is 0 Å². The van der Waals surface area contributed by atoms with Gasteiger partial charge in [-0.3, -0.25) is 4.99 Å². The van der Waals surface area contributed by atoms with Crippen LogP contribution in [0.1, 0.15) is 34.7 Å². The third kappa shape index (κ3) is 6.24. The summed E-state index contributed by atoms with van der Waals surface area (Å²) in [5.74, 6) is 0.260. The molecule has 0 heterocycles. The first-order valence-corrected chi connectivity index (χ1v) is 16.8. The van der Waals surface area contributed by atoms with E-state index in [0.717, 1.165) is 27.9 Å². The van der Waals surface area contributed by atoms with Gasteiger partial charge in [0.15, 0.2) is 0 Å². The summed E-state index contributed by atoms with van der Waals surface area (Å²) < 4.78 is 0. The molecule has 0 aliphatic heterocycles. The zero-order valence-corrected chi connectivity index (χ0v) is 22.5. The van der Waals surface area contributed by atoms with Crippen molar-refractivity contribution in [3.8, 4) is 5.75 Å². The van der Waals surface area contributed by atoms with Crippen LogP contribution in [0.15, 0.2) is 108 Å². The van der Waals surface area contributed by atoms with Gasteiger partial charge in [0.1, 0.15) is 5.75 Å². The molecule has 0 aliphatic carbocycles. The van der Waals surface area contributed by atoms with Crippen molar-refractivity contribution in [1.82, 2.24) is 0 Å². The number of benzene rings is 4. The Balaban J connectivity index is 0.000000968. The van der Waals surface area contributed by atoms with Crippen LogP contribution in [0.5, 0.6) is 5.75 Å². The van der Waals surface area contributed by atoms with Crippen molar-refractivity contribution < 1.29 is 26.0 Å². The molecule has 0 spiro atoms. The van der Waals surface area contributed by atoms with Crippen molar-refractivity contribution in [2.75, 3.05) is 0 Å². The van der Waals surface area contributed by atoms with Crippen LogP contribution in [-0.2, 0) is 26.3 Å². The van der Waals surface area contributed by atoms with Crippen LogP contribution in [0.25, 0.3) is 0 Å². The van der Waals surface area contributed by atoms with Crippen molar-refractivity contribution in [2.45, 2.75) is 19.3 Å². The van der Waals surface area contributed by atoms with Crippen LogP contribution in [-0.4, -0.2) is 11.3 Å². The van der Waals surface area contributed by atoms with Crippen molar-refractivity contribution in [3.63, 3.8) is 0 Å². The number of phenols is 1. The number of hydrogen-bond acceptors (Lipinski definition) is 2. The molecule has 0 radical (unpaired) electrons. The van der Waals surface area contributed by atoms with Gasteiger partial charge in [-0.1, -0.05) is 84.9 Å². The second-order valence-electron chi connectivity index (χ2n) is 7.77. The number of aryl methyl sites for hydroxylation is 1. The van der Waals surface area contributed by atoms with Crippen molar-refractivity contribution >= 4 is 28.9 Å². The number of para-hydroxylation sites is 1. The van der Waals surface area contributed by atoms with Crippen LogP contribution < -0.4 is 0 Å². The Bertz CT molecular complexity index is 1140. The minimum atomic E-state index is -0.826. The number of halogens is 2. The Labute approximate surface area is 214 Å². The van der Waals surface area contributed by atoms with E-state index in [9.17, 15) is 5.11 Å². The fourth-order valence-electron chi connectivity index (χ4n) is 3.97. The Hall–Kier alpha value is -2.19. The Morgan fingerprint density at radius 1 is 0.788 bits per heavy atom. The van der Waals surface area contributed by atoms with Gasteiger partial charge in [0.25, 0.3) is 0 Å². The van der Waals surface area contributed by atoms with E-state index >= 15 is 0 Å². The van der Waals surface area contributed by atoms with Crippen molar-refractivity contribution in [3.05, 3.63) is 131 Å². The van der Waals surface area contributed by atoms with Gasteiger partial charge in [-0.05, 0) is 48.7 Å². The molecule has 4 aromatic rings. The summed E-state index contributed by atoms with van der Waals surface area (Å²) in [5.41, 5.74) is 5.27. The predicted molar refractivity (Wildman–Crippen MR) is 137 cm³/mol. The molecule has 166 valence electrons. The van der Waals surface area contributed by atoms with Gasteiger partial charge in [0.05, 0.1) is 5.69 Å². The van der Waals surface area contributed by atoms with E-state index in [0.29, 0.717) is 5.56 Å². The van der Waals surface area contributed by atoms with E-state index in [1.54, 1.807) is 6.21 Å². The van der Waals surface area contributed by atoms with E-state index in [1.807, 2.05) is 72.8 Å². The molecule has 33 heavy (non-hydrogen) atoms. The molecule has 0 amide bonds. The number of aromatic hydroxyl groups is 1. The molecule has 0 aliphatic rings. The molecular formula is C28H25Cl2NOZr. The predicted octanol–water partition coefficient (Wildman–Crippen LogP) is 8.18. The maximum absolute atomic E-state index is 11.4. The summed E-state index contributed by atoms with van der Waals surface area (Å²) in [7, 11) is 9.87. The average molecular weight is 554 g/mol. The molecule has 0 saturated carbocycles. The third-order valence-corrected chi connectivity index (χ3v) is 5.63. The van der Waals surface area contributed by atoms with Crippen molar-refractivity contribution in [2.24, 2.45) is 4.99 Å². The summed E-state index contributed by atoms with van der Waals surface area (Å²) in [6.45, 7) is 4.23. The maximum atomic E-state index is 11.4. The second-order valence-corrected chi connectivity index (χ2v) is 11.5. The number of phenolic OH excluding ortho intramolecular Hbond substituents is 1. The number of hydrogen-bond donors (Lipinski definition) is 1.